The average molecular weight is 287 g/mol. The fraction of sp³-hybridized carbons (Fsp3) is 0.562. The quantitative estimate of drug-likeness (QED) is 0.856. The van der Waals surface area contributed by atoms with Crippen LogP contribution in [0, 0.1) is 5.41 Å². The van der Waals surface area contributed by atoms with Crippen molar-refractivity contribution in [2.75, 3.05) is 6.54 Å². The molecule has 5 heteroatoms. The van der Waals surface area contributed by atoms with E-state index in [1.807, 2.05) is 4.90 Å². The first-order valence-electron chi connectivity index (χ1n) is 7.50. The van der Waals surface area contributed by atoms with Crippen LogP contribution in [0.2, 0.25) is 0 Å². The number of H-pyrrole nitrogens is 1. The Labute approximate surface area is 124 Å². The number of carbonyl (C=O) groups is 1. The minimum atomic E-state index is -0.207. The maximum absolute atomic E-state index is 12.6. The van der Waals surface area contributed by atoms with E-state index < -0.39 is 0 Å². The van der Waals surface area contributed by atoms with Crippen molar-refractivity contribution in [1.82, 2.24) is 15.1 Å². The molecule has 0 saturated carbocycles. The summed E-state index contributed by atoms with van der Waals surface area (Å²) in [5.74, 6) is 0.122. The second-order valence-corrected chi connectivity index (χ2v) is 6.78. The molecule has 5 nitrogen and oxygen atoms in total. The smallest absolute Gasteiger partial charge is 0.264 e. The van der Waals surface area contributed by atoms with Gasteiger partial charge in [-0.2, -0.15) is 5.10 Å². The van der Waals surface area contributed by atoms with Crippen LogP contribution in [-0.2, 0) is 17.8 Å². The second kappa shape index (κ2) is 5.13. The molecule has 112 valence electrons. The minimum Gasteiger partial charge on any atom is -0.334 e. The molecule has 1 N–H and O–H groups in total. The van der Waals surface area contributed by atoms with E-state index in [1.165, 1.54) is 0 Å². The van der Waals surface area contributed by atoms with E-state index in [9.17, 15) is 9.59 Å². The van der Waals surface area contributed by atoms with Crippen molar-refractivity contribution < 1.29 is 4.79 Å². The van der Waals surface area contributed by atoms with Gasteiger partial charge in [0.1, 0.15) is 0 Å². The summed E-state index contributed by atoms with van der Waals surface area (Å²) >= 11 is 0. The lowest BCUT2D eigenvalue weighted by Crippen LogP contribution is -2.38. The average Bonchev–Trinajstić information content (AvgIpc) is 2.45. The molecule has 0 radical (unpaired) electrons. The van der Waals surface area contributed by atoms with Gasteiger partial charge in [-0.15, -0.1) is 0 Å². The van der Waals surface area contributed by atoms with Crippen molar-refractivity contribution in [3.63, 3.8) is 0 Å². The van der Waals surface area contributed by atoms with Crippen LogP contribution in [0.4, 0.5) is 0 Å². The van der Waals surface area contributed by atoms with Gasteiger partial charge in [0.05, 0.1) is 5.69 Å². The predicted octanol–water partition coefficient (Wildman–Crippen LogP) is 1.79. The third-order valence-corrected chi connectivity index (χ3v) is 4.49. The monoisotopic (exact) mass is 287 g/mol. The Morgan fingerprint density at radius 3 is 2.90 bits per heavy atom. The summed E-state index contributed by atoms with van der Waals surface area (Å²) in [7, 11) is 0. The number of hydrogen-bond donors (Lipinski definition) is 1. The van der Waals surface area contributed by atoms with Gasteiger partial charge in [-0.3, -0.25) is 9.59 Å². The first-order valence-corrected chi connectivity index (χ1v) is 7.50. The van der Waals surface area contributed by atoms with E-state index in [0.717, 1.165) is 36.1 Å². The summed E-state index contributed by atoms with van der Waals surface area (Å²) in [4.78, 5) is 25.8. The normalized spacial score (nSPS) is 20.7. The molecule has 0 bridgehead atoms. The summed E-state index contributed by atoms with van der Waals surface area (Å²) in [6.07, 6.45) is 5.66. The predicted molar refractivity (Wildman–Crippen MR) is 79.7 cm³/mol. The number of hydrogen-bond acceptors (Lipinski definition) is 3. The number of aromatic amines is 1. The summed E-state index contributed by atoms with van der Waals surface area (Å²) in [5.41, 5.74) is 2.79. The molecule has 2 heterocycles. The summed E-state index contributed by atoms with van der Waals surface area (Å²) in [5, 5.41) is 6.51. The van der Waals surface area contributed by atoms with Crippen LogP contribution in [0.25, 0.3) is 0 Å². The lowest BCUT2D eigenvalue weighted by Gasteiger charge is -2.32. The van der Waals surface area contributed by atoms with Gasteiger partial charge < -0.3 is 4.90 Å². The third-order valence-electron chi connectivity index (χ3n) is 4.49. The summed E-state index contributed by atoms with van der Waals surface area (Å²) in [6.45, 7) is 5.64. The van der Waals surface area contributed by atoms with E-state index in [1.54, 1.807) is 6.07 Å². The molecule has 3 rings (SSSR count). The number of aromatic nitrogens is 2. The number of nitrogens with one attached hydrogen (secondary N) is 1. The number of allylic oxidation sites excluding steroid dienone is 1. The van der Waals surface area contributed by atoms with Crippen LogP contribution >= 0.6 is 0 Å². The number of nitrogens with zero attached hydrogens (tertiary/aromatic N) is 2. The van der Waals surface area contributed by atoms with Gasteiger partial charge in [0.15, 0.2) is 0 Å². The Morgan fingerprint density at radius 1 is 1.38 bits per heavy atom. The number of rotatable bonds is 1. The number of carbonyl (C=O) groups excluding carboxylic acids is 1. The van der Waals surface area contributed by atoms with Crippen molar-refractivity contribution in [1.29, 1.82) is 0 Å². The van der Waals surface area contributed by atoms with Crippen LogP contribution in [0.15, 0.2) is 22.5 Å². The molecule has 1 aliphatic carbocycles. The molecule has 0 fully saturated rings. The van der Waals surface area contributed by atoms with Crippen molar-refractivity contribution in [3.8, 4) is 0 Å². The summed E-state index contributed by atoms with van der Waals surface area (Å²) < 4.78 is 0. The highest BCUT2D eigenvalue weighted by atomic mass is 16.2. The maximum atomic E-state index is 12.6. The van der Waals surface area contributed by atoms with E-state index in [-0.39, 0.29) is 11.5 Å². The minimum absolute atomic E-state index is 0.122. The summed E-state index contributed by atoms with van der Waals surface area (Å²) in [6, 6.07) is 1.56. The Bertz CT molecular complexity index is 658. The lowest BCUT2D eigenvalue weighted by molar-refractivity contribution is -0.128. The van der Waals surface area contributed by atoms with Gasteiger partial charge >= 0.3 is 0 Å². The van der Waals surface area contributed by atoms with E-state index in [0.29, 0.717) is 24.9 Å². The van der Waals surface area contributed by atoms with E-state index >= 15 is 0 Å². The first kappa shape index (κ1) is 14.0. The van der Waals surface area contributed by atoms with Gasteiger partial charge in [0, 0.05) is 36.7 Å². The van der Waals surface area contributed by atoms with E-state index in [2.05, 4.69) is 30.1 Å². The van der Waals surface area contributed by atoms with Crippen molar-refractivity contribution in [2.45, 2.75) is 46.1 Å². The van der Waals surface area contributed by atoms with Crippen LogP contribution in [-0.4, -0.2) is 27.5 Å². The maximum Gasteiger partial charge on any atom is 0.264 e. The van der Waals surface area contributed by atoms with Crippen LogP contribution < -0.4 is 5.56 Å². The van der Waals surface area contributed by atoms with Gasteiger partial charge in [-0.25, -0.2) is 5.10 Å². The molecule has 1 aromatic rings. The molecule has 0 spiro atoms. The molecular weight excluding hydrogens is 266 g/mol. The van der Waals surface area contributed by atoms with Gasteiger partial charge in [-0.1, -0.05) is 19.9 Å². The van der Waals surface area contributed by atoms with Crippen LogP contribution in [0.3, 0.4) is 0 Å². The molecule has 0 saturated heterocycles. The van der Waals surface area contributed by atoms with Crippen LogP contribution in [0.5, 0.6) is 0 Å². The molecular formula is C16H21N3O2. The number of amides is 1. The van der Waals surface area contributed by atoms with Crippen molar-refractivity contribution >= 4 is 5.91 Å². The lowest BCUT2D eigenvalue weighted by atomic mass is 9.78. The van der Waals surface area contributed by atoms with Gasteiger partial charge in [0.2, 0.25) is 5.91 Å². The topological polar surface area (TPSA) is 66.1 Å². The SMILES string of the molecule is CC1(C)CC=C(C(=O)N2CCc3n[nH]c(=O)cc3C2)CC1. The highest BCUT2D eigenvalue weighted by Crippen LogP contribution is 2.35. The zero-order valence-electron chi connectivity index (χ0n) is 12.6. The van der Waals surface area contributed by atoms with Gasteiger partial charge in [0.25, 0.3) is 5.56 Å². The second-order valence-electron chi connectivity index (χ2n) is 6.78. The standard InChI is InChI=1S/C16H21N3O2/c1-16(2)6-3-11(4-7-16)15(21)19-8-5-13-12(10-19)9-14(20)18-17-13/h3,9H,4-8,10H2,1-2H3,(H,18,20). The fourth-order valence-electron chi connectivity index (χ4n) is 2.99. The molecule has 0 unspecified atom stereocenters. The Kier molecular flexibility index (Phi) is 3.43. The molecule has 1 amide bonds. The highest BCUT2D eigenvalue weighted by molar-refractivity contribution is 5.93. The van der Waals surface area contributed by atoms with Gasteiger partial charge in [-0.05, 0) is 24.7 Å². The van der Waals surface area contributed by atoms with Crippen molar-refractivity contribution in [2.24, 2.45) is 5.41 Å². The van der Waals surface area contributed by atoms with Crippen LogP contribution in [0.1, 0.15) is 44.4 Å². The molecule has 1 aliphatic heterocycles. The molecule has 0 aromatic carbocycles. The molecule has 21 heavy (non-hydrogen) atoms. The van der Waals surface area contributed by atoms with E-state index in [4.69, 9.17) is 0 Å². The third kappa shape index (κ3) is 2.91. The first-order chi connectivity index (χ1) is 9.94. The fourth-order valence-corrected chi connectivity index (χ4v) is 2.99. The molecule has 0 atom stereocenters. The zero-order chi connectivity index (χ0) is 15.0. The highest BCUT2D eigenvalue weighted by Gasteiger charge is 2.28. The Hall–Kier alpha value is -1.91. The van der Waals surface area contributed by atoms with Crippen molar-refractivity contribution in [3.05, 3.63) is 39.3 Å². The zero-order valence-corrected chi connectivity index (χ0v) is 12.6. The Balaban J connectivity index is 1.76. The molecule has 2 aliphatic rings. The Morgan fingerprint density at radius 2 is 2.19 bits per heavy atom. The molecule has 1 aromatic heterocycles. The largest absolute Gasteiger partial charge is 0.334 e. The number of fused-ring (bicyclic) bond motifs is 1.